The molecule has 0 fully saturated rings. The van der Waals surface area contributed by atoms with E-state index in [1.165, 1.54) is 6.20 Å². The van der Waals surface area contributed by atoms with Crippen molar-refractivity contribution in [3.05, 3.63) is 26.9 Å². The Kier molecular flexibility index (Phi) is 2.58. The molecule has 12 heavy (non-hydrogen) atoms. The molecule has 0 aliphatic rings. The van der Waals surface area contributed by atoms with Gasteiger partial charge in [0.25, 0.3) is 0 Å². The van der Waals surface area contributed by atoms with E-state index < -0.39 is 11.7 Å². The Hall–Kier alpha value is -0.360. The Labute approximate surface area is 79.7 Å². The van der Waals surface area contributed by atoms with Crippen LogP contribution in [-0.2, 0) is 6.18 Å². The molecule has 0 bridgehead atoms. The van der Waals surface area contributed by atoms with Crippen LogP contribution in [0.15, 0.2) is 16.7 Å². The van der Waals surface area contributed by atoms with Crippen molar-refractivity contribution in [2.24, 2.45) is 0 Å². The average Bonchev–Trinajstić information content (AvgIpc) is 1.92. The normalized spacial score (nSPS) is 11.7. The molecule has 0 aliphatic heterocycles. The number of halogens is 4. The first-order chi connectivity index (χ1) is 5.41. The molecule has 1 rings (SSSR count). The molecule has 1 aromatic heterocycles. The minimum atomic E-state index is -4.36. The van der Waals surface area contributed by atoms with Gasteiger partial charge in [-0.15, -0.1) is 0 Å². The minimum Gasteiger partial charge on any atom is -0.352 e. The minimum absolute atomic E-state index is 0.0383. The van der Waals surface area contributed by atoms with E-state index in [9.17, 15) is 13.2 Å². The summed E-state index contributed by atoms with van der Waals surface area (Å²) in [6.07, 6.45) is -3.19. The molecule has 1 aromatic rings. The number of alkyl halides is 3. The lowest BCUT2D eigenvalue weighted by atomic mass is 10.3. The van der Waals surface area contributed by atoms with Crippen LogP contribution < -0.4 is 0 Å². The summed E-state index contributed by atoms with van der Waals surface area (Å²) in [6.45, 7) is 0. The number of aromatic nitrogens is 1. The molecule has 0 aliphatic carbocycles. The largest absolute Gasteiger partial charge is 0.417 e. The third-order valence-corrected chi connectivity index (χ3v) is 2.07. The predicted octanol–water partition coefficient (Wildman–Crippen LogP) is 3.53. The van der Waals surface area contributed by atoms with Crippen molar-refractivity contribution in [3.8, 4) is 0 Å². The fourth-order valence-corrected chi connectivity index (χ4v) is 1.30. The maximum Gasteiger partial charge on any atom is 0.417 e. The van der Waals surface area contributed by atoms with Crippen LogP contribution in [0, 0.1) is 4.64 Å². The first-order valence-corrected chi connectivity index (χ1v) is 4.07. The van der Waals surface area contributed by atoms with Crippen molar-refractivity contribution in [2.75, 3.05) is 0 Å². The third-order valence-electron chi connectivity index (χ3n) is 1.18. The van der Waals surface area contributed by atoms with Crippen molar-refractivity contribution in [2.45, 2.75) is 6.18 Å². The summed E-state index contributed by atoms with van der Waals surface area (Å²) in [5.74, 6) is 0. The van der Waals surface area contributed by atoms with Crippen molar-refractivity contribution >= 4 is 28.1 Å². The maximum absolute atomic E-state index is 12.1. The van der Waals surface area contributed by atoms with Crippen molar-refractivity contribution in [1.29, 1.82) is 0 Å². The molecule has 0 radical (unpaired) electrons. The average molecular weight is 258 g/mol. The zero-order chi connectivity index (χ0) is 9.35. The van der Waals surface area contributed by atoms with Gasteiger partial charge in [-0.1, -0.05) is 12.2 Å². The highest BCUT2D eigenvalue weighted by Gasteiger charge is 2.32. The molecule has 0 spiro atoms. The van der Waals surface area contributed by atoms with Crippen LogP contribution in [0.3, 0.4) is 0 Å². The van der Waals surface area contributed by atoms with Crippen LogP contribution in [0.25, 0.3) is 0 Å². The van der Waals surface area contributed by atoms with Gasteiger partial charge in [0.2, 0.25) is 0 Å². The van der Waals surface area contributed by atoms with E-state index in [4.69, 9.17) is 0 Å². The second-order valence-electron chi connectivity index (χ2n) is 2.06. The summed E-state index contributed by atoms with van der Waals surface area (Å²) in [5.41, 5.74) is -0.758. The fourth-order valence-electron chi connectivity index (χ4n) is 0.671. The summed E-state index contributed by atoms with van der Waals surface area (Å²) in [4.78, 5) is 2.48. The Balaban J connectivity index is 3.33. The van der Waals surface area contributed by atoms with Gasteiger partial charge in [-0.2, -0.15) is 13.2 Å². The third kappa shape index (κ3) is 2.07. The molecule has 1 heterocycles. The van der Waals surface area contributed by atoms with Crippen LogP contribution in [0.4, 0.5) is 13.2 Å². The van der Waals surface area contributed by atoms with Crippen LogP contribution in [0.1, 0.15) is 5.56 Å². The van der Waals surface area contributed by atoms with Crippen LogP contribution in [0.2, 0.25) is 0 Å². The summed E-state index contributed by atoms with van der Waals surface area (Å²) < 4.78 is 36.4. The molecule has 0 saturated heterocycles. The van der Waals surface area contributed by atoms with Crippen LogP contribution in [0.5, 0.6) is 0 Å². The van der Waals surface area contributed by atoms with E-state index in [-0.39, 0.29) is 9.11 Å². The number of aromatic amines is 1. The van der Waals surface area contributed by atoms with E-state index in [0.717, 1.165) is 6.07 Å². The molecule has 66 valence electrons. The molecular weight excluding hydrogens is 255 g/mol. The molecule has 0 atom stereocenters. The number of nitrogens with one attached hydrogen (secondary N) is 1. The molecule has 6 heteroatoms. The first-order valence-electron chi connectivity index (χ1n) is 2.86. The second-order valence-corrected chi connectivity index (χ2v) is 3.35. The van der Waals surface area contributed by atoms with Gasteiger partial charge < -0.3 is 4.98 Å². The predicted molar refractivity (Wildman–Crippen MR) is 44.3 cm³/mol. The van der Waals surface area contributed by atoms with Gasteiger partial charge in [0.05, 0.1) is 5.56 Å². The van der Waals surface area contributed by atoms with Gasteiger partial charge in [-0.3, -0.25) is 0 Å². The highest BCUT2D eigenvalue weighted by atomic mass is 79.9. The monoisotopic (exact) mass is 257 g/mol. The standard InChI is InChI=1S/C6H3BrF3NS/c7-4-2-11-5(12)1-3(4)6(8,9)10/h1-2H,(H,11,12). The number of hydrogen-bond acceptors (Lipinski definition) is 1. The molecule has 1 N–H and O–H groups in total. The van der Waals surface area contributed by atoms with Gasteiger partial charge in [-0.05, 0) is 22.0 Å². The van der Waals surface area contributed by atoms with E-state index in [2.05, 4.69) is 33.1 Å². The lowest BCUT2D eigenvalue weighted by molar-refractivity contribution is -0.138. The highest BCUT2D eigenvalue weighted by Crippen LogP contribution is 2.33. The Morgan fingerprint density at radius 3 is 2.42 bits per heavy atom. The lowest BCUT2D eigenvalue weighted by Crippen LogP contribution is -2.06. The van der Waals surface area contributed by atoms with Gasteiger partial charge in [0, 0.05) is 10.7 Å². The first kappa shape index (κ1) is 9.73. The quantitative estimate of drug-likeness (QED) is 0.704. The van der Waals surface area contributed by atoms with E-state index in [0.29, 0.717) is 0 Å². The summed E-state index contributed by atoms with van der Waals surface area (Å²) in [5, 5.41) is 0. The van der Waals surface area contributed by atoms with Gasteiger partial charge in [-0.25, -0.2) is 0 Å². The number of H-pyrrole nitrogens is 1. The summed E-state index contributed by atoms with van der Waals surface area (Å²) in [6, 6.07) is 0.874. The topological polar surface area (TPSA) is 15.8 Å². The van der Waals surface area contributed by atoms with E-state index in [1.807, 2.05) is 0 Å². The second kappa shape index (κ2) is 3.18. The number of pyridine rings is 1. The smallest absolute Gasteiger partial charge is 0.352 e. The maximum atomic E-state index is 12.1. The molecule has 1 nitrogen and oxygen atoms in total. The van der Waals surface area contributed by atoms with E-state index >= 15 is 0 Å². The van der Waals surface area contributed by atoms with Crippen molar-refractivity contribution < 1.29 is 13.2 Å². The fraction of sp³-hybridized carbons (Fsp3) is 0.167. The zero-order valence-corrected chi connectivity index (χ0v) is 7.98. The van der Waals surface area contributed by atoms with Gasteiger partial charge in [0.15, 0.2) is 0 Å². The molecule has 0 amide bonds. The molecule has 0 unspecified atom stereocenters. The van der Waals surface area contributed by atoms with Crippen LogP contribution in [-0.4, -0.2) is 4.98 Å². The SMILES string of the molecule is FC(F)(F)c1cc(=S)[nH]cc1Br. The summed E-state index contributed by atoms with van der Waals surface area (Å²) >= 11 is 7.32. The van der Waals surface area contributed by atoms with Crippen LogP contribution >= 0.6 is 28.1 Å². The van der Waals surface area contributed by atoms with Crippen molar-refractivity contribution in [1.82, 2.24) is 4.98 Å². The molecular formula is C6H3BrF3NS. The van der Waals surface area contributed by atoms with Crippen molar-refractivity contribution in [3.63, 3.8) is 0 Å². The number of hydrogen-bond donors (Lipinski definition) is 1. The van der Waals surface area contributed by atoms with Gasteiger partial charge >= 0.3 is 6.18 Å². The van der Waals surface area contributed by atoms with Gasteiger partial charge in [0.1, 0.15) is 4.64 Å². The Bertz CT molecular complexity index is 343. The zero-order valence-electron chi connectivity index (χ0n) is 5.57. The molecule has 0 saturated carbocycles. The number of rotatable bonds is 0. The van der Waals surface area contributed by atoms with E-state index in [1.54, 1.807) is 0 Å². The summed E-state index contributed by atoms with van der Waals surface area (Å²) in [7, 11) is 0. The highest BCUT2D eigenvalue weighted by molar-refractivity contribution is 9.10. The Morgan fingerprint density at radius 2 is 2.00 bits per heavy atom. The molecule has 0 aromatic carbocycles. The Morgan fingerprint density at radius 1 is 1.42 bits per heavy atom. The lowest BCUT2D eigenvalue weighted by Gasteiger charge is -2.07.